The standard InChI is InChI=1S/C17H26N2O10/c1-7(18)16(24)19-17-15(28-11(5)23)14(27-10(4)22)13(26-9(3)21)12(29-17)6-25-8(2)20/h7,12-15,17H,6,18H2,1-5H3,(H,19,24)/t7-,12+,13-,14-,15+,17+/m0/s1. The average molecular weight is 418 g/mol. The Bertz CT molecular complexity index is 650. The van der Waals surface area contributed by atoms with Crippen molar-refractivity contribution in [1.29, 1.82) is 0 Å². The topological polar surface area (TPSA) is 170 Å². The van der Waals surface area contributed by atoms with E-state index in [1.54, 1.807) is 0 Å². The van der Waals surface area contributed by atoms with Gasteiger partial charge in [0.05, 0.1) is 6.04 Å². The fourth-order valence-corrected chi connectivity index (χ4v) is 2.62. The zero-order valence-corrected chi connectivity index (χ0v) is 16.8. The molecule has 1 rings (SSSR count). The summed E-state index contributed by atoms with van der Waals surface area (Å²) in [6.07, 6.45) is -6.47. The van der Waals surface area contributed by atoms with Crippen molar-refractivity contribution in [3.05, 3.63) is 0 Å². The van der Waals surface area contributed by atoms with Crippen LogP contribution in [0.3, 0.4) is 0 Å². The molecule has 0 unspecified atom stereocenters. The first-order chi connectivity index (χ1) is 13.4. The van der Waals surface area contributed by atoms with Crippen LogP contribution in [0.15, 0.2) is 0 Å². The Morgan fingerprint density at radius 2 is 1.34 bits per heavy atom. The second-order valence-electron chi connectivity index (χ2n) is 6.42. The average Bonchev–Trinajstić information content (AvgIpc) is 2.56. The Hall–Kier alpha value is -2.73. The molecule has 12 nitrogen and oxygen atoms in total. The first-order valence-corrected chi connectivity index (χ1v) is 8.78. The zero-order valence-electron chi connectivity index (χ0n) is 16.8. The van der Waals surface area contributed by atoms with Crippen LogP contribution >= 0.6 is 0 Å². The summed E-state index contributed by atoms with van der Waals surface area (Å²) in [4.78, 5) is 58.1. The number of nitrogens with one attached hydrogen (secondary N) is 1. The van der Waals surface area contributed by atoms with E-state index in [9.17, 15) is 24.0 Å². The Balaban J connectivity index is 3.33. The fraction of sp³-hybridized carbons (Fsp3) is 0.706. The molecule has 1 aliphatic rings. The quantitative estimate of drug-likeness (QED) is 0.365. The fourth-order valence-electron chi connectivity index (χ4n) is 2.62. The van der Waals surface area contributed by atoms with Crippen LogP contribution in [0.25, 0.3) is 0 Å². The molecular formula is C17H26N2O10. The normalized spacial score (nSPS) is 27.2. The summed E-state index contributed by atoms with van der Waals surface area (Å²) in [6, 6.07) is -0.929. The maximum atomic E-state index is 12.1. The van der Waals surface area contributed by atoms with Gasteiger partial charge in [-0.15, -0.1) is 0 Å². The molecule has 0 spiro atoms. The highest BCUT2D eigenvalue weighted by molar-refractivity contribution is 5.81. The smallest absolute Gasteiger partial charge is 0.303 e. The second kappa shape index (κ2) is 10.7. The molecule has 1 saturated heterocycles. The molecule has 1 aliphatic heterocycles. The summed E-state index contributed by atoms with van der Waals surface area (Å²) < 4.78 is 26.2. The van der Waals surface area contributed by atoms with Gasteiger partial charge in [0.15, 0.2) is 24.5 Å². The SMILES string of the molecule is CC(=O)OC[C@H]1O[C@@H](NC(=O)[C@H](C)N)[C@H](OC(C)=O)[C@@H](OC(C)=O)[C@H]1OC(C)=O. The van der Waals surface area contributed by atoms with Crippen molar-refractivity contribution >= 4 is 29.8 Å². The summed E-state index contributed by atoms with van der Waals surface area (Å²) in [5, 5.41) is 2.43. The molecule has 0 bridgehead atoms. The molecule has 0 aromatic carbocycles. The molecule has 12 heteroatoms. The first-order valence-electron chi connectivity index (χ1n) is 8.78. The lowest BCUT2D eigenvalue weighted by Crippen LogP contribution is -2.66. The number of carbonyl (C=O) groups excluding carboxylic acids is 5. The van der Waals surface area contributed by atoms with Crippen LogP contribution < -0.4 is 11.1 Å². The second-order valence-corrected chi connectivity index (χ2v) is 6.42. The van der Waals surface area contributed by atoms with E-state index in [0.717, 1.165) is 27.7 Å². The number of hydrogen-bond donors (Lipinski definition) is 2. The molecule has 0 aromatic heterocycles. The van der Waals surface area contributed by atoms with Crippen molar-refractivity contribution in [2.75, 3.05) is 6.61 Å². The van der Waals surface area contributed by atoms with Gasteiger partial charge in [-0.05, 0) is 6.92 Å². The molecule has 0 radical (unpaired) electrons. The van der Waals surface area contributed by atoms with Crippen molar-refractivity contribution in [1.82, 2.24) is 5.32 Å². The lowest BCUT2D eigenvalue weighted by Gasteiger charge is -2.44. The lowest BCUT2D eigenvalue weighted by atomic mass is 9.97. The van der Waals surface area contributed by atoms with Crippen molar-refractivity contribution in [3.8, 4) is 0 Å². The van der Waals surface area contributed by atoms with Gasteiger partial charge in [0.25, 0.3) is 0 Å². The van der Waals surface area contributed by atoms with Crippen LogP contribution in [0.4, 0.5) is 0 Å². The van der Waals surface area contributed by atoms with Crippen molar-refractivity contribution in [2.24, 2.45) is 5.73 Å². The van der Waals surface area contributed by atoms with E-state index in [1.807, 2.05) is 0 Å². The lowest BCUT2D eigenvalue weighted by molar-refractivity contribution is -0.257. The minimum Gasteiger partial charge on any atom is -0.463 e. The van der Waals surface area contributed by atoms with Crippen LogP contribution in [-0.2, 0) is 47.7 Å². The molecule has 0 aromatic rings. The Morgan fingerprint density at radius 3 is 1.79 bits per heavy atom. The van der Waals surface area contributed by atoms with Gasteiger partial charge < -0.3 is 34.7 Å². The van der Waals surface area contributed by atoms with E-state index in [1.165, 1.54) is 6.92 Å². The Morgan fingerprint density at radius 1 is 0.862 bits per heavy atom. The van der Waals surface area contributed by atoms with E-state index < -0.39 is 66.5 Å². The molecule has 164 valence electrons. The number of carbonyl (C=O) groups is 5. The van der Waals surface area contributed by atoms with Gasteiger partial charge in [-0.25, -0.2) is 0 Å². The number of nitrogens with two attached hydrogens (primary N) is 1. The molecule has 1 amide bonds. The maximum absolute atomic E-state index is 12.1. The van der Waals surface area contributed by atoms with Crippen LogP contribution in [0.5, 0.6) is 0 Å². The van der Waals surface area contributed by atoms with Gasteiger partial charge in [-0.3, -0.25) is 24.0 Å². The third-order valence-corrected chi connectivity index (χ3v) is 3.69. The molecule has 1 heterocycles. The summed E-state index contributed by atoms with van der Waals surface area (Å²) >= 11 is 0. The number of rotatable bonds is 7. The van der Waals surface area contributed by atoms with E-state index in [0.29, 0.717) is 0 Å². The Labute approximate surface area is 167 Å². The highest BCUT2D eigenvalue weighted by Gasteiger charge is 2.52. The first kappa shape index (κ1) is 24.3. The predicted molar refractivity (Wildman–Crippen MR) is 93.7 cm³/mol. The van der Waals surface area contributed by atoms with Crippen LogP contribution in [-0.4, -0.2) is 73.1 Å². The van der Waals surface area contributed by atoms with Crippen molar-refractivity contribution in [3.63, 3.8) is 0 Å². The number of amides is 1. The van der Waals surface area contributed by atoms with E-state index in [2.05, 4.69) is 5.32 Å². The third kappa shape index (κ3) is 7.66. The summed E-state index contributed by atoms with van der Waals surface area (Å²) in [7, 11) is 0. The van der Waals surface area contributed by atoms with Gasteiger partial charge in [-0.1, -0.05) is 0 Å². The molecule has 0 saturated carbocycles. The number of hydrogen-bond acceptors (Lipinski definition) is 11. The van der Waals surface area contributed by atoms with Crippen LogP contribution in [0.2, 0.25) is 0 Å². The minimum absolute atomic E-state index is 0.387. The summed E-state index contributed by atoms with van der Waals surface area (Å²) in [5.41, 5.74) is 5.54. The van der Waals surface area contributed by atoms with Gasteiger partial charge in [0.2, 0.25) is 5.91 Å². The minimum atomic E-state index is -1.36. The number of esters is 4. The summed E-state index contributed by atoms with van der Waals surface area (Å²) in [6.45, 7) is 5.49. The maximum Gasteiger partial charge on any atom is 0.303 e. The van der Waals surface area contributed by atoms with Crippen LogP contribution in [0.1, 0.15) is 34.6 Å². The molecule has 0 aliphatic carbocycles. The highest BCUT2D eigenvalue weighted by atomic mass is 16.7. The molecule has 1 fully saturated rings. The van der Waals surface area contributed by atoms with Gasteiger partial charge >= 0.3 is 23.9 Å². The van der Waals surface area contributed by atoms with Crippen LogP contribution in [0, 0.1) is 0 Å². The van der Waals surface area contributed by atoms with Gasteiger partial charge in [0.1, 0.15) is 12.7 Å². The van der Waals surface area contributed by atoms with E-state index in [-0.39, 0.29) is 6.61 Å². The van der Waals surface area contributed by atoms with Crippen molar-refractivity contribution in [2.45, 2.75) is 71.3 Å². The molecule has 6 atom stereocenters. The summed E-state index contributed by atoms with van der Waals surface area (Å²) in [5.74, 6) is -3.57. The third-order valence-electron chi connectivity index (χ3n) is 3.69. The molecular weight excluding hydrogens is 392 g/mol. The molecule has 3 N–H and O–H groups in total. The largest absolute Gasteiger partial charge is 0.463 e. The van der Waals surface area contributed by atoms with Gasteiger partial charge in [0, 0.05) is 27.7 Å². The van der Waals surface area contributed by atoms with Crippen molar-refractivity contribution < 1.29 is 47.7 Å². The molecule has 29 heavy (non-hydrogen) atoms. The Kier molecular flexibility index (Phi) is 8.98. The zero-order chi connectivity index (χ0) is 22.3. The van der Waals surface area contributed by atoms with E-state index in [4.69, 9.17) is 29.4 Å². The highest BCUT2D eigenvalue weighted by Crippen LogP contribution is 2.28. The predicted octanol–water partition coefficient (Wildman–Crippen LogP) is -1.47. The number of ether oxygens (including phenoxy) is 5. The van der Waals surface area contributed by atoms with Gasteiger partial charge in [-0.2, -0.15) is 0 Å². The monoisotopic (exact) mass is 418 g/mol. The van der Waals surface area contributed by atoms with E-state index >= 15 is 0 Å².